The average Bonchev–Trinajstić information content (AvgIpc) is 2.72. The predicted octanol–water partition coefficient (Wildman–Crippen LogP) is 2.96. The molecule has 7 heteroatoms. The van der Waals surface area contributed by atoms with E-state index in [1.165, 1.54) is 14.0 Å². The Morgan fingerprint density at radius 1 is 1.03 bits per heavy atom. The van der Waals surface area contributed by atoms with Gasteiger partial charge < -0.3 is 20.3 Å². The van der Waals surface area contributed by atoms with E-state index in [0.29, 0.717) is 25.2 Å². The quantitative estimate of drug-likeness (QED) is 0.717. The molecule has 1 atom stereocenters. The maximum atomic E-state index is 12.8. The Bertz CT molecular complexity index is 839. The summed E-state index contributed by atoms with van der Waals surface area (Å²) < 4.78 is 4.65. The number of rotatable bonds is 8. The van der Waals surface area contributed by atoms with Crippen molar-refractivity contribution in [3.8, 4) is 0 Å². The molecule has 0 bridgehead atoms. The standard InChI is InChI=1S/C22H27N3O4/c1-4-25(16(2)26)15-18-11-8-12-19(13-18)23-21(27)20(24-22(28)29-3)14-17-9-6-5-7-10-17/h5-13,20H,4,14-15H2,1-3H3,(H,23,27)(H,24,28). The second-order valence-corrected chi connectivity index (χ2v) is 6.60. The van der Waals surface area contributed by atoms with E-state index in [2.05, 4.69) is 15.4 Å². The van der Waals surface area contributed by atoms with Crippen molar-refractivity contribution in [3.05, 3.63) is 65.7 Å². The van der Waals surface area contributed by atoms with Crippen molar-refractivity contribution in [1.82, 2.24) is 10.2 Å². The van der Waals surface area contributed by atoms with Gasteiger partial charge in [-0.25, -0.2) is 4.79 Å². The van der Waals surface area contributed by atoms with Crippen LogP contribution in [0.1, 0.15) is 25.0 Å². The smallest absolute Gasteiger partial charge is 0.407 e. The normalized spacial score (nSPS) is 11.3. The van der Waals surface area contributed by atoms with Gasteiger partial charge in [-0.3, -0.25) is 9.59 Å². The maximum Gasteiger partial charge on any atom is 0.407 e. The summed E-state index contributed by atoms with van der Waals surface area (Å²) in [4.78, 5) is 37.9. The molecule has 0 aliphatic rings. The first-order valence-electron chi connectivity index (χ1n) is 9.46. The minimum atomic E-state index is -0.794. The summed E-state index contributed by atoms with van der Waals surface area (Å²) in [6.45, 7) is 4.51. The summed E-state index contributed by atoms with van der Waals surface area (Å²) in [5.41, 5.74) is 2.41. The van der Waals surface area contributed by atoms with Crippen LogP contribution in [0.4, 0.5) is 10.5 Å². The molecule has 2 aromatic rings. The van der Waals surface area contributed by atoms with Crippen LogP contribution < -0.4 is 10.6 Å². The lowest BCUT2D eigenvalue weighted by atomic mass is 10.1. The molecule has 2 aromatic carbocycles. The Labute approximate surface area is 171 Å². The number of benzene rings is 2. The number of hydrogen-bond donors (Lipinski definition) is 2. The number of alkyl carbamates (subject to hydrolysis) is 1. The second-order valence-electron chi connectivity index (χ2n) is 6.60. The summed E-state index contributed by atoms with van der Waals surface area (Å²) in [6, 6.07) is 15.9. The molecule has 0 saturated carbocycles. The summed E-state index contributed by atoms with van der Waals surface area (Å²) >= 11 is 0. The minimum Gasteiger partial charge on any atom is -0.453 e. The first kappa shape index (κ1) is 21.9. The number of carbonyl (C=O) groups is 3. The van der Waals surface area contributed by atoms with Crippen LogP contribution in [0.5, 0.6) is 0 Å². The van der Waals surface area contributed by atoms with Crippen molar-refractivity contribution < 1.29 is 19.1 Å². The van der Waals surface area contributed by atoms with Gasteiger partial charge in [-0.2, -0.15) is 0 Å². The van der Waals surface area contributed by atoms with Crippen molar-refractivity contribution in [3.63, 3.8) is 0 Å². The molecule has 0 aliphatic carbocycles. The molecule has 2 rings (SSSR count). The lowest BCUT2D eigenvalue weighted by molar-refractivity contribution is -0.129. The van der Waals surface area contributed by atoms with Gasteiger partial charge in [0.2, 0.25) is 11.8 Å². The number of carbonyl (C=O) groups excluding carboxylic acids is 3. The zero-order valence-electron chi connectivity index (χ0n) is 17.0. The van der Waals surface area contributed by atoms with E-state index < -0.39 is 12.1 Å². The van der Waals surface area contributed by atoms with Crippen LogP contribution in [0.25, 0.3) is 0 Å². The molecule has 7 nitrogen and oxygen atoms in total. The number of nitrogens with zero attached hydrogens (tertiary/aromatic N) is 1. The highest BCUT2D eigenvalue weighted by Crippen LogP contribution is 2.14. The molecule has 0 heterocycles. The highest BCUT2D eigenvalue weighted by atomic mass is 16.5. The number of hydrogen-bond acceptors (Lipinski definition) is 4. The van der Waals surface area contributed by atoms with E-state index in [0.717, 1.165) is 11.1 Å². The fraction of sp³-hybridized carbons (Fsp3) is 0.318. The molecular weight excluding hydrogens is 370 g/mol. The van der Waals surface area contributed by atoms with Crippen molar-refractivity contribution >= 4 is 23.6 Å². The Balaban J connectivity index is 2.12. The van der Waals surface area contributed by atoms with E-state index in [1.807, 2.05) is 55.5 Å². The van der Waals surface area contributed by atoms with Crippen molar-refractivity contribution in [2.75, 3.05) is 19.0 Å². The zero-order chi connectivity index (χ0) is 21.2. The van der Waals surface area contributed by atoms with Gasteiger partial charge in [0.05, 0.1) is 7.11 Å². The van der Waals surface area contributed by atoms with E-state index in [-0.39, 0.29) is 11.8 Å². The highest BCUT2D eigenvalue weighted by molar-refractivity contribution is 5.96. The van der Waals surface area contributed by atoms with Gasteiger partial charge in [-0.1, -0.05) is 42.5 Å². The largest absolute Gasteiger partial charge is 0.453 e. The Morgan fingerprint density at radius 3 is 2.34 bits per heavy atom. The summed E-state index contributed by atoms with van der Waals surface area (Å²) in [5, 5.41) is 5.42. The van der Waals surface area contributed by atoms with Gasteiger partial charge in [0.15, 0.2) is 0 Å². The van der Waals surface area contributed by atoms with Crippen LogP contribution in [-0.4, -0.2) is 42.5 Å². The van der Waals surface area contributed by atoms with Gasteiger partial charge >= 0.3 is 6.09 Å². The maximum absolute atomic E-state index is 12.8. The van der Waals surface area contributed by atoms with Crippen LogP contribution in [0, 0.1) is 0 Å². The fourth-order valence-corrected chi connectivity index (χ4v) is 2.90. The molecule has 0 aliphatic heterocycles. The predicted molar refractivity (Wildman–Crippen MR) is 111 cm³/mol. The first-order valence-corrected chi connectivity index (χ1v) is 9.46. The summed E-state index contributed by atoms with van der Waals surface area (Å²) in [6.07, 6.45) is -0.343. The topological polar surface area (TPSA) is 87.7 Å². The van der Waals surface area contributed by atoms with Crippen LogP contribution >= 0.6 is 0 Å². The number of methoxy groups -OCH3 is 1. The van der Waals surface area contributed by atoms with E-state index in [9.17, 15) is 14.4 Å². The van der Waals surface area contributed by atoms with Crippen molar-refractivity contribution in [2.24, 2.45) is 0 Å². The van der Waals surface area contributed by atoms with E-state index in [1.54, 1.807) is 11.0 Å². The minimum absolute atomic E-state index is 0.00728. The van der Waals surface area contributed by atoms with E-state index in [4.69, 9.17) is 0 Å². The van der Waals surface area contributed by atoms with Gasteiger partial charge in [-0.15, -0.1) is 0 Å². The first-order chi connectivity index (χ1) is 13.9. The van der Waals surface area contributed by atoms with Crippen LogP contribution in [-0.2, 0) is 27.3 Å². The third kappa shape index (κ3) is 6.95. The molecule has 29 heavy (non-hydrogen) atoms. The highest BCUT2D eigenvalue weighted by Gasteiger charge is 2.22. The summed E-state index contributed by atoms with van der Waals surface area (Å²) in [5.74, 6) is -0.359. The van der Waals surface area contributed by atoms with E-state index >= 15 is 0 Å². The molecule has 0 spiro atoms. The monoisotopic (exact) mass is 397 g/mol. The summed E-state index contributed by atoms with van der Waals surface area (Å²) in [7, 11) is 1.25. The zero-order valence-corrected chi connectivity index (χ0v) is 17.0. The lowest BCUT2D eigenvalue weighted by Gasteiger charge is -2.20. The molecule has 0 fully saturated rings. The molecule has 1 unspecified atom stereocenters. The lowest BCUT2D eigenvalue weighted by Crippen LogP contribution is -2.45. The molecule has 3 amide bonds. The second kappa shape index (κ2) is 10.8. The van der Waals surface area contributed by atoms with Gasteiger partial charge in [0, 0.05) is 32.1 Å². The Hall–Kier alpha value is -3.35. The van der Waals surface area contributed by atoms with Gasteiger partial charge in [0.1, 0.15) is 6.04 Å². The molecule has 0 aromatic heterocycles. The number of amides is 3. The third-order valence-corrected chi connectivity index (χ3v) is 4.47. The fourth-order valence-electron chi connectivity index (χ4n) is 2.90. The Morgan fingerprint density at radius 2 is 1.72 bits per heavy atom. The average molecular weight is 397 g/mol. The number of anilines is 1. The molecule has 0 saturated heterocycles. The number of ether oxygens (including phenoxy) is 1. The number of nitrogens with one attached hydrogen (secondary N) is 2. The van der Waals surface area contributed by atoms with Crippen LogP contribution in [0.15, 0.2) is 54.6 Å². The van der Waals surface area contributed by atoms with Gasteiger partial charge in [0.25, 0.3) is 0 Å². The van der Waals surface area contributed by atoms with Crippen molar-refractivity contribution in [1.29, 1.82) is 0 Å². The third-order valence-electron chi connectivity index (χ3n) is 4.47. The van der Waals surface area contributed by atoms with Crippen LogP contribution in [0.3, 0.4) is 0 Å². The Kier molecular flexibility index (Phi) is 8.21. The molecule has 0 radical (unpaired) electrons. The molecular formula is C22H27N3O4. The SMILES string of the molecule is CCN(Cc1cccc(NC(=O)C(Cc2ccccc2)NC(=O)OC)c1)C(C)=O. The molecule has 2 N–H and O–H groups in total. The van der Waals surface area contributed by atoms with Crippen molar-refractivity contribution in [2.45, 2.75) is 32.9 Å². The molecule has 154 valence electrons. The van der Waals surface area contributed by atoms with Gasteiger partial charge in [-0.05, 0) is 30.2 Å². The van der Waals surface area contributed by atoms with Crippen LogP contribution in [0.2, 0.25) is 0 Å².